The van der Waals surface area contributed by atoms with Gasteiger partial charge in [-0.2, -0.15) is 0 Å². The lowest BCUT2D eigenvalue weighted by molar-refractivity contribution is 0.268. The van der Waals surface area contributed by atoms with Gasteiger partial charge in [-0.3, -0.25) is 4.98 Å². The molecule has 27 heavy (non-hydrogen) atoms. The van der Waals surface area contributed by atoms with Gasteiger partial charge in [-0.15, -0.1) is 0 Å². The van der Waals surface area contributed by atoms with Gasteiger partial charge in [0.25, 0.3) is 0 Å². The molecule has 0 spiro atoms. The summed E-state index contributed by atoms with van der Waals surface area (Å²) in [4.78, 5) is 9.42. The molecule has 0 radical (unpaired) electrons. The van der Waals surface area contributed by atoms with Gasteiger partial charge in [0.15, 0.2) is 0 Å². The molecule has 1 heterocycles. The van der Waals surface area contributed by atoms with Crippen molar-refractivity contribution >= 4 is 29.0 Å². The summed E-state index contributed by atoms with van der Waals surface area (Å²) in [6, 6.07) is 15.0. The molecule has 0 aliphatic rings. The number of nitrogens with one attached hydrogen (secondary N) is 1. The molecule has 0 fully saturated rings. The van der Waals surface area contributed by atoms with Gasteiger partial charge < -0.3 is 10.4 Å². The quantitative estimate of drug-likeness (QED) is 0.533. The lowest BCUT2D eigenvalue weighted by Crippen LogP contribution is -2.24. The second-order valence-corrected chi connectivity index (χ2v) is 7.15. The smallest absolute Gasteiger partial charge is 0.145 e. The molecule has 3 aromatic rings. The Labute approximate surface area is 169 Å². The topological polar surface area (TPSA) is 58.0 Å². The average Bonchev–Trinajstić information content (AvgIpc) is 2.69. The summed E-state index contributed by atoms with van der Waals surface area (Å²) in [5.74, 6) is 0.630. The summed E-state index contributed by atoms with van der Waals surface area (Å²) in [6.07, 6.45) is 3.52. The summed E-state index contributed by atoms with van der Waals surface area (Å²) >= 11 is 12.1. The molecule has 3 rings (SSSR count). The summed E-state index contributed by atoms with van der Waals surface area (Å²) in [7, 11) is 0. The van der Waals surface area contributed by atoms with Crippen molar-refractivity contribution < 1.29 is 5.11 Å². The second kappa shape index (κ2) is 9.18. The Balaban J connectivity index is 2.04. The molecule has 0 aliphatic carbocycles. The average molecular weight is 402 g/mol. The number of aliphatic hydroxyl groups is 1. The predicted octanol–water partition coefficient (Wildman–Crippen LogP) is 5.69. The van der Waals surface area contributed by atoms with Crippen LogP contribution in [-0.2, 0) is 0 Å². The minimum Gasteiger partial charge on any atom is -0.394 e. The lowest BCUT2D eigenvalue weighted by Gasteiger charge is -2.17. The van der Waals surface area contributed by atoms with E-state index in [9.17, 15) is 5.11 Å². The first-order valence-corrected chi connectivity index (χ1v) is 9.62. The van der Waals surface area contributed by atoms with E-state index in [0.717, 1.165) is 35.4 Å². The lowest BCUT2D eigenvalue weighted by atomic mass is 10.0. The highest BCUT2D eigenvalue weighted by Gasteiger charge is 2.14. The standard InChI is InChI=1S/C21H21Cl2N3O/c1-2-3-18(13-27)25-19-12-24-20(14-4-8-16(22)9-5-14)21(26-19)15-6-10-17(23)11-7-15/h4-12,18,27H,2-3,13H2,1H3,(H,25,26). The molecule has 0 aliphatic heterocycles. The number of rotatable bonds is 7. The van der Waals surface area contributed by atoms with Gasteiger partial charge in [-0.1, -0.05) is 60.8 Å². The maximum Gasteiger partial charge on any atom is 0.145 e. The molecule has 1 atom stereocenters. The van der Waals surface area contributed by atoms with E-state index in [2.05, 4.69) is 17.2 Å². The minimum absolute atomic E-state index is 0.0464. The van der Waals surface area contributed by atoms with Crippen molar-refractivity contribution in [1.82, 2.24) is 9.97 Å². The first-order chi connectivity index (χ1) is 13.1. The van der Waals surface area contributed by atoms with E-state index in [1.54, 1.807) is 6.20 Å². The monoisotopic (exact) mass is 401 g/mol. The van der Waals surface area contributed by atoms with Crippen LogP contribution >= 0.6 is 23.2 Å². The molecule has 1 unspecified atom stereocenters. The molecule has 0 saturated heterocycles. The third kappa shape index (κ3) is 4.98. The van der Waals surface area contributed by atoms with E-state index < -0.39 is 0 Å². The van der Waals surface area contributed by atoms with Crippen LogP contribution in [0.2, 0.25) is 10.0 Å². The number of aliphatic hydroxyl groups excluding tert-OH is 1. The van der Waals surface area contributed by atoms with E-state index in [4.69, 9.17) is 28.2 Å². The van der Waals surface area contributed by atoms with E-state index in [1.165, 1.54) is 0 Å². The Kier molecular flexibility index (Phi) is 6.67. The molecule has 2 N–H and O–H groups in total. The zero-order valence-corrected chi connectivity index (χ0v) is 16.5. The van der Waals surface area contributed by atoms with Gasteiger partial charge in [0.1, 0.15) is 5.82 Å². The number of anilines is 1. The molecule has 0 amide bonds. The SMILES string of the molecule is CCCC(CO)Nc1cnc(-c2ccc(Cl)cc2)c(-c2ccc(Cl)cc2)n1. The van der Waals surface area contributed by atoms with Crippen molar-refractivity contribution in [2.45, 2.75) is 25.8 Å². The summed E-state index contributed by atoms with van der Waals surface area (Å²) < 4.78 is 0. The first kappa shape index (κ1) is 19.6. The van der Waals surface area contributed by atoms with Gasteiger partial charge in [-0.05, 0) is 30.7 Å². The summed E-state index contributed by atoms with van der Waals surface area (Å²) in [5, 5.41) is 14.2. The molecule has 0 saturated carbocycles. The molecular weight excluding hydrogens is 381 g/mol. The van der Waals surface area contributed by atoms with E-state index in [1.807, 2.05) is 48.5 Å². The van der Waals surface area contributed by atoms with Crippen molar-refractivity contribution in [3.8, 4) is 22.5 Å². The van der Waals surface area contributed by atoms with Crippen LogP contribution in [-0.4, -0.2) is 27.7 Å². The van der Waals surface area contributed by atoms with Gasteiger partial charge in [-0.25, -0.2) is 4.98 Å². The largest absolute Gasteiger partial charge is 0.394 e. The van der Waals surface area contributed by atoms with Crippen molar-refractivity contribution in [3.05, 3.63) is 64.8 Å². The number of nitrogens with zero attached hydrogens (tertiary/aromatic N) is 2. The number of aromatic nitrogens is 2. The van der Waals surface area contributed by atoms with E-state index in [0.29, 0.717) is 15.9 Å². The van der Waals surface area contributed by atoms with Crippen LogP contribution in [0.1, 0.15) is 19.8 Å². The zero-order valence-electron chi connectivity index (χ0n) is 15.0. The molecule has 0 bridgehead atoms. The van der Waals surface area contributed by atoms with Crippen LogP contribution in [0.4, 0.5) is 5.82 Å². The van der Waals surface area contributed by atoms with E-state index >= 15 is 0 Å². The Morgan fingerprint density at radius 2 is 1.48 bits per heavy atom. The highest BCUT2D eigenvalue weighted by atomic mass is 35.5. The number of halogens is 2. The fourth-order valence-corrected chi connectivity index (χ4v) is 3.11. The van der Waals surface area contributed by atoms with E-state index in [-0.39, 0.29) is 12.6 Å². The summed E-state index contributed by atoms with van der Waals surface area (Å²) in [5.41, 5.74) is 3.34. The van der Waals surface area contributed by atoms with Crippen molar-refractivity contribution in [1.29, 1.82) is 0 Å². The van der Waals surface area contributed by atoms with Crippen LogP contribution in [0, 0.1) is 0 Å². The van der Waals surface area contributed by atoms with Crippen LogP contribution in [0.5, 0.6) is 0 Å². The third-order valence-electron chi connectivity index (χ3n) is 4.22. The molecule has 6 heteroatoms. The summed E-state index contributed by atoms with van der Waals surface area (Å²) in [6.45, 7) is 2.13. The van der Waals surface area contributed by atoms with Crippen LogP contribution in [0.15, 0.2) is 54.7 Å². The fourth-order valence-electron chi connectivity index (χ4n) is 2.85. The van der Waals surface area contributed by atoms with Gasteiger partial charge in [0, 0.05) is 21.2 Å². The third-order valence-corrected chi connectivity index (χ3v) is 4.72. The highest BCUT2D eigenvalue weighted by Crippen LogP contribution is 2.31. The van der Waals surface area contributed by atoms with Gasteiger partial charge in [0.05, 0.1) is 30.2 Å². The van der Waals surface area contributed by atoms with Crippen LogP contribution in [0.25, 0.3) is 22.5 Å². The number of benzene rings is 2. The Morgan fingerprint density at radius 3 is 2.00 bits per heavy atom. The maximum absolute atomic E-state index is 9.56. The highest BCUT2D eigenvalue weighted by molar-refractivity contribution is 6.31. The Morgan fingerprint density at radius 1 is 0.926 bits per heavy atom. The Hall–Kier alpha value is -2.14. The van der Waals surface area contributed by atoms with Gasteiger partial charge in [0.2, 0.25) is 0 Å². The van der Waals surface area contributed by atoms with Crippen LogP contribution in [0.3, 0.4) is 0 Å². The van der Waals surface area contributed by atoms with Crippen molar-refractivity contribution in [2.24, 2.45) is 0 Å². The fraction of sp³-hybridized carbons (Fsp3) is 0.238. The first-order valence-electron chi connectivity index (χ1n) is 8.87. The molecule has 4 nitrogen and oxygen atoms in total. The van der Waals surface area contributed by atoms with Crippen molar-refractivity contribution in [3.63, 3.8) is 0 Å². The minimum atomic E-state index is -0.0521. The molecule has 140 valence electrons. The number of hydrogen-bond donors (Lipinski definition) is 2. The second-order valence-electron chi connectivity index (χ2n) is 6.28. The molecular formula is C21H21Cl2N3O. The predicted molar refractivity (Wildman–Crippen MR) is 112 cm³/mol. The number of hydrogen-bond acceptors (Lipinski definition) is 4. The zero-order chi connectivity index (χ0) is 19.2. The van der Waals surface area contributed by atoms with Crippen LogP contribution < -0.4 is 5.32 Å². The van der Waals surface area contributed by atoms with Crippen molar-refractivity contribution in [2.75, 3.05) is 11.9 Å². The molecule has 2 aromatic carbocycles. The molecule has 1 aromatic heterocycles. The van der Waals surface area contributed by atoms with Gasteiger partial charge >= 0.3 is 0 Å². The normalized spacial score (nSPS) is 12.0. The Bertz CT molecular complexity index is 883. The maximum atomic E-state index is 9.56.